The zero-order valence-corrected chi connectivity index (χ0v) is 14.1. The van der Waals surface area contributed by atoms with Crippen LogP contribution in [0.5, 0.6) is 11.6 Å². The highest BCUT2D eigenvalue weighted by Gasteiger charge is 2.17. The van der Waals surface area contributed by atoms with E-state index in [1.807, 2.05) is 38.3 Å². The van der Waals surface area contributed by atoms with E-state index in [0.717, 1.165) is 23.6 Å². The van der Waals surface area contributed by atoms with Crippen molar-refractivity contribution >= 4 is 17.7 Å². The molecular weight excluding hydrogens is 315 g/mol. The Morgan fingerprint density at radius 2 is 2.22 bits per heavy atom. The van der Waals surface area contributed by atoms with Crippen LogP contribution in [-0.2, 0) is 0 Å². The molecule has 0 aliphatic heterocycles. The predicted molar refractivity (Wildman–Crippen MR) is 89.7 cm³/mol. The summed E-state index contributed by atoms with van der Waals surface area (Å²) in [4.78, 5) is 17.2. The summed E-state index contributed by atoms with van der Waals surface area (Å²) in [5.41, 5.74) is 0.0832. The van der Waals surface area contributed by atoms with Gasteiger partial charge in [-0.25, -0.2) is 9.37 Å². The van der Waals surface area contributed by atoms with Crippen LogP contribution in [0, 0.1) is 5.82 Å². The van der Waals surface area contributed by atoms with Gasteiger partial charge >= 0.3 is 0 Å². The fourth-order valence-electron chi connectivity index (χ4n) is 1.85. The van der Waals surface area contributed by atoms with Gasteiger partial charge in [0.05, 0.1) is 6.20 Å². The number of hydrogen-bond acceptors (Lipinski definition) is 4. The number of pyridine rings is 1. The Labute approximate surface area is 139 Å². The van der Waals surface area contributed by atoms with Crippen molar-refractivity contribution in [3.8, 4) is 11.6 Å². The molecule has 1 unspecified atom stereocenters. The molecule has 2 rings (SSSR count). The van der Waals surface area contributed by atoms with E-state index >= 15 is 0 Å². The van der Waals surface area contributed by atoms with E-state index < -0.39 is 11.7 Å². The van der Waals surface area contributed by atoms with Crippen molar-refractivity contribution < 1.29 is 13.9 Å². The van der Waals surface area contributed by atoms with Gasteiger partial charge in [0.2, 0.25) is 5.88 Å². The van der Waals surface area contributed by atoms with Crippen molar-refractivity contribution in [1.29, 1.82) is 0 Å². The van der Waals surface area contributed by atoms with Crippen LogP contribution in [0.2, 0.25) is 0 Å². The second-order valence-corrected chi connectivity index (χ2v) is 5.95. The molecule has 122 valence electrons. The highest BCUT2D eigenvalue weighted by Crippen LogP contribution is 2.27. The monoisotopic (exact) mass is 334 g/mol. The Morgan fingerprint density at radius 3 is 2.91 bits per heavy atom. The van der Waals surface area contributed by atoms with Gasteiger partial charge in [-0.1, -0.05) is 13.0 Å². The predicted octanol–water partition coefficient (Wildman–Crippen LogP) is 4.26. The van der Waals surface area contributed by atoms with Gasteiger partial charge in [0.1, 0.15) is 17.1 Å². The molecule has 0 fully saturated rings. The molecule has 23 heavy (non-hydrogen) atoms. The van der Waals surface area contributed by atoms with Crippen LogP contribution in [0.4, 0.5) is 4.39 Å². The first-order valence-corrected chi connectivity index (χ1v) is 8.54. The summed E-state index contributed by atoms with van der Waals surface area (Å²) >= 11 is 1.58. The van der Waals surface area contributed by atoms with Crippen LogP contribution >= 0.6 is 11.8 Å². The number of rotatable bonds is 6. The highest BCUT2D eigenvalue weighted by molar-refractivity contribution is 7.98. The van der Waals surface area contributed by atoms with Crippen molar-refractivity contribution in [3.05, 3.63) is 47.9 Å². The van der Waals surface area contributed by atoms with Crippen LogP contribution in [0.15, 0.2) is 41.4 Å². The summed E-state index contributed by atoms with van der Waals surface area (Å²) in [6, 6.07) is 8.53. The SMILES string of the molecule is CCC(C)NC(=O)c1cc(F)cnc1Oc1cccc(SC)c1. The summed E-state index contributed by atoms with van der Waals surface area (Å²) < 4.78 is 19.2. The number of thioether (sulfide) groups is 1. The first kappa shape index (κ1) is 17.3. The van der Waals surface area contributed by atoms with Gasteiger partial charge in [-0.15, -0.1) is 11.8 Å². The molecule has 4 nitrogen and oxygen atoms in total. The quantitative estimate of drug-likeness (QED) is 0.802. The molecule has 1 N–H and O–H groups in total. The van der Waals surface area contributed by atoms with E-state index in [-0.39, 0.29) is 17.5 Å². The first-order valence-electron chi connectivity index (χ1n) is 7.31. The Kier molecular flexibility index (Phi) is 5.98. The molecule has 0 saturated carbocycles. The molecule has 1 aromatic carbocycles. The Balaban J connectivity index is 2.29. The number of aromatic nitrogens is 1. The summed E-state index contributed by atoms with van der Waals surface area (Å²) in [7, 11) is 0. The van der Waals surface area contributed by atoms with Crippen LogP contribution < -0.4 is 10.1 Å². The van der Waals surface area contributed by atoms with Crippen LogP contribution in [0.3, 0.4) is 0 Å². The molecule has 1 aromatic heterocycles. The van der Waals surface area contributed by atoms with E-state index in [1.54, 1.807) is 17.8 Å². The van der Waals surface area contributed by atoms with Crippen LogP contribution in [0.25, 0.3) is 0 Å². The number of ether oxygens (including phenoxy) is 1. The molecule has 0 aliphatic carbocycles. The summed E-state index contributed by atoms with van der Waals surface area (Å²) in [5, 5.41) is 2.79. The number of hydrogen-bond donors (Lipinski definition) is 1. The van der Waals surface area contributed by atoms with E-state index in [4.69, 9.17) is 4.74 Å². The number of benzene rings is 1. The number of nitrogens with one attached hydrogen (secondary N) is 1. The number of nitrogens with zero attached hydrogens (tertiary/aromatic N) is 1. The van der Waals surface area contributed by atoms with Crippen molar-refractivity contribution in [2.24, 2.45) is 0 Å². The maximum absolute atomic E-state index is 13.5. The molecule has 0 aliphatic rings. The minimum atomic E-state index is -0.579. The first-order chi connectivity index (χ1) is 11.0. The molecule has 0 bridgehead atoms. The number of halogens is 1. The normalized spacial score (nSPS) is 11.8. The summed E-state index contributed by atoms with van der Waals surface area (Å²) in [6.45, 7) is 3.84. The zero-order chi connectivity index (χ0) is 16.8. The Morgan fingerprint density at radius 1 is 1.43 bits per heavy atom. The lowest BCUT2D eigenvalue weighted by molar-refractivity contribution is 0.0935. The third-order valence-electron chi connectivity index (χ3n) is 3.31. The molecule has 0 spiro atoms. The van der Waals surface area contributed by atoms with Crippen LogP contribution in [0.1, 0.15) is 30.6 Å². The molecule has 2 aromatic rings. The average molecular weight is 334 g/mol. The number of amides is 1. The second-order valence-electron chi connectivity index (χ2n) is 5.07. The fraction of sp³-hybridized carbons (Fsp3) is 0.294. The average Bonchev–Trinajstić information content (AvgIpc) is 2.56. The fourth-order valence-corrected chi connectivity index (χ4v) is 2.30. The molecule has 1 atom stereocenters. The standard InChI is InChI=1S/C17H19FN2O2S/c1-4-11(2)20-16(21)15-8-12(18)10-19-17(15)22-13-6-5-7-14(9-13)23-3/h5-11H,4H2,1-3H3,(H,20,21). The third-order valence-corrected chi connectivity index (χ3v) is 4.03. The van der Waals surface area contributed by atoms with Gasteiger partial charge in [-0.05, 0) is 43.9 Å². The molecule has 1 amide bonds. The highest BCUT2D eigenvalue weighted by atomic mass is 32.2. The Bertz CT molecular complexity index is 694. The van der Waals surface area contributed by atoms with E-state index in [2.05, 4.69) is 10.3 Å². The topological polar surface area (TPSA) is 51.2 Å². The van der Waals surface area contributed by atoms with Gasteiger partial charge in [0.25, 0.3) is 5.91 Å². The van der Waals surface area contributed by atoms with Crippen molar-refractivity contribution in [2.45, 2.75) is 31.2 Å². The molecule has 6 heteroatoms. The van der Waals surface area contributed by atoms with Gasteiger partial charge in [0, 0.05) is 10.9 Å². The summed E-state index contributed by atoms with van der Waals surface area (Å²) in [6.07, 6.45) is 3.77. The minimum Gasteiger partial charge on any atom is -0.438 e. The maximum Gasteiger partial charge on any atom is 0.257 e. The lowest BCUT2D eigenvalue weighted by Crippen LogP contribution is -2.32. The number of carbonyl (C=O) groups excluding carboxylic acids is 1. The zero-order valence-electron chi connectivity index (χ0n) is 13.3. The lowest BCUT2D eigenvalue weighted by Gasteiger charge is -2.14. The minimum absolute atomic E-state index is 0.0153. The van der Waals surface area contributed by atoms with Crippen molar-refractivity contribution in [3.63, 3.8) is 0 Å². The smallest absolute Gasteiger partial charge is 0.257 e. The lowest BCUT2D eigenvalue weighted by atomic mass is 10.2. The van der Waals surface area contributed by atoms with E-state index in [0.29, 0.717) is 5.75 Å². The van der Waals surface area contributed by atoms with E-state index in [1.165, 1.54) is 0 Å². The largest absolute Gasteiger partial charge is 0.438 e. The van der Waals surface area contributed by atoms with Crippen molar-refractivity contribution in [1.82, 2.24) is 10.3 Å². The van der Waals surface area contributed by atoms with Gasteiger partial charge in [-0.3, -0.25) is 4.79 Å². The molecule has 0 radical (unpaired) electrons. The number of carbonyl (C=O) groups is 1. The van der Waals surface area contributed by atoms with Crippen molar-refractivity contribution in [2.75, 3.05) is 6.26 Å². The maximum atomic E-state index is 13.5. The second kappa shape index (κ2) is 7.97. The van der Waals surface area contributed by atoms with Gasteiger partial charge in [-0.2, -0.15) is 0 Å². The summed E-state index contributed by atoms with van der Waals surface area (Å²) in [5.74, 6) is -0.342. The van der Waals surface area contributed by atoms with Gasteiger partial charge < -0.3 is 10.1 Å². The van der Waals surface area contributed by atoms with E-state index in [9.17, 15) is 9.18 Å². The Hall–Kier alpha value is -2.08. The molecular formula is C17H19FN2O2S. The van der Waals surface area contributed by atoms with Gasteiger partial charge in [0.15, 0.2) is 0 Å². The molecule has 0 saturated heterocycles. The van der Waals surface area contributed by atoms with Crippen LogP contribution in [-0.4, -0.2) is 23.2 Å². The third kappa shape index (κ3) is 4.69. The molecule has 1 heterocycles.